The number of rotatable bonds is 5. The number of methoxy groups -OCH3 is 2. The summed E-state index contributed by atoms with van der Waals surface area (Å²) in [5.74, 6) is 6.41. The van der Waals surface area contributed by atoms with Gasteiger partial charge in [0.2, 0.25) is 0 Å². The van der Waals surface area contributed by atoms with Crippen molar-refractivity contribution in [1.29, 1.82) is 0 Å². The summed E-state index contributed by atoms with van der Waals surface area (Å²) >= 11 is 0. The summed E-state index contributed by atoms with van der Waals surface area (Å²) < 4.78 is 10.5. The summed E-state index contributed by atoms with van der Waals surface area (Å²) in [5.41, 5.74) is 5.04. The predicted octanol–water partition coefficient (Wildman–Crippen LogP) is 1.54. The molecule has 4 heteroatoms. The van der Waals surface area contributed by atoms with Crippen molar-refractivity contribution >= 4 is 0 Å². The lowest BCUT2D eigenvalue weighted by Crippen LogP contribution is -2.36. The van der Waals surface area contributed by atoms with Crippen LogP contribution in [0.1, 0.15) is 24.1 Å². The number of aryl methyl sites for hydroxylation is 1. The van der Waals surface area contributed by atoms with Gasteiger partial charge in [0.15, 0.2) is 0 Å². The van der Waals surface area contributed by atoms with E-state index in [4.69, 9.17) is 15.3 Å². The second-order valence-electron chi connectivity index (χ2n) is 3.81. The van der Waals surface area contributed by atoms with E-state index in [1.165, 1.54) is 0 Å². The molecule has 0 fully saturated rings. The molecule has 2 atom stereocenters. The van der Waals surface area contributed by atoms with Crippen molar-refractivity contribution in [2.75, 3.05) is 14.2 Å². The fourth-order valence-corrected chi connectivity index (χ4v) is 1.74. The average Bonchev–Trinajstić information content (AvgIpc) is 2.31. The second kappa shape index (κ2) is 5.84. The number of nitrogens with two attached hydrogens (primary N) is 1. The molecule has 4 nitrogen and oxygen atoms in total. The van der Waals surface area contributed by atoms with Crippen molar-refractivity contribution in [2.24, 2.45) is 5.84 Å². The number of benzene rings is 1. The lowest BCUT2D eigenvalue weighted by molar-refractivity contribution is 0.0828. The summed E-state index contributed by atoms with van der Waals surface area (Å²) in [4.78, 5) is 0. The minimum absolute atomic E-state index is 0.0112. The Bertz CT molecular complexity index is 342. The molecule has 0 heterocycles. The van der Waals surface area contributed by atoms with E-state index in [0.717, 1.165) is 16.9 Å². The molecular weight excluding hydrogens is 204 g/mol. The summed E-state index contributed by atoms with van der Waals surface area (Å²) in [7, 11) is 3.33. The Morgan fingerprint density at radius 2 is 2.00 bits per heavy atom. The zero-order valence-corrected chi connectivity index (χ0v) is 10.3. The first-order chi connectivity index (χ1) is 7.63. The summed E-state index contributed by atoms with van der Waals surface area (Å²) in [6, 6.07) is 5.90. The largest absolute Gasteiger partial charge is 0.497 e. The normalized spacial score (nSPS) is 14.6. The van der Waals surface area contributed by atoms with Gasteiger partial charge in [-0.3, -0.25) is 11.3 Å². The van der Waals surface area contributed by atoms with E-state index in [1.54, 1.807) is 14.2 Å². The number of hydrogen-bond acceptors (Lipinski definition) is 4. The molecule has 0 aliphatic heterocycles. The quantitative estimate of drug-likeness (QED) is 0.588. The average molecular weight is 224 g/mol. The van der Waals surface area contributed by atoms with E-state index in [1.807, 2.05) is 32.0 Å². The van der Waals surface area contributed by atoms with Gasteiger partial charge >= 0.3 is 0 Å². The zero-order chi connectivity index (χ0) is 12.1. The first kappa shape index (κ1) is 13.0. The molecule has 2 unspecified atom stereocenters. The lowest BCUT2D eigenvalue weighted by atomic mass is 9.98. The Balaban J connectivity index is 3.01. The molecule has 0 aromatic heterocycles. The Hall–Kier alpha value is -1.10. The Labute approximate surface area is 96.7 Å². The molecule has 0 aliphatic rings. The maximum atomic E-state index is 5.56. The molecule has 0 radical (unpaired) electrons. The molecule has 3 N–H and O–H groups in total. The minimum Gasteiger partial charge on any atom is -0.497 e. The van der Waals surface area contributed by atoms with Crippen LogP contribution in [0.4, 0.5) is 0 Å². The molecule has 1 rings (SSSR count). The Kier molecular flexibility index (Phi) is 4.73. The molecule has 90 valence electrons. The summed E-state index contributed by atoms with van der Waals surface area (Å²) in [6.07, 6.45) is 0.0112. The van der Waals surface area contributed by atoms with Gasteiger partial charge in [0.1, 0.15) is 5.75 Å². The molecular formula is C12H20N2O2. The van der Waals surface area contributed by atoms with Gasteiger partial charge in [-0.05, 0) is 37.1 Å². The van der Waals surface area contributed by atoms with Crippen molar-refractivity contribution in [3.8, 4) is 5.75 Å². The van der Waals surface area contributed by atoms with Gasteiger partial charge in [-0.25, -0.2) is 0 Å². The van der Waals surface area contributed by atoms with Crippen LogP contribution in [0, 0.1) is 6.92 Å². The molecule has 1 aromatic carbocycles. The van der Waals surface area contributed by atoms with E-state index in [-0.39, 0.29) is 12.1 Å². The van der Waals surface area contributed by atoms with Gasteiger partial charge in [-0.2, -0.15) is 0 Å². The summed E-state index contributed by atoms with van der Waals surface area (Å²) in [5, 5.41) is 0. The highest BCUT2D eigenvalue weighted by Crippen LogP contribution is 2.25. The van der Waals surface area contributed by atoms with Gasteiger partial charge in [-0.15, -0.1) is 0 Å². The van der Waals surface area contributed by atoms with Gasteiger partial charge in [0, 0.05) is 7.11 Å². The SMILES string of the molecule is COc1ccc(C(NN)C(C)OC)c(C)c1. The van der Waals surface area contributed by atoms with E-state index >= 15 is 0 Å². The lowest BCUT2D eigenvalue weighted by Gasteiger charge is -2.24. The highest BCUT2D eigenvalue weighted by atomic mass is 16.5. The smallest absolute Gasteiger partial charge is 0.119 e. The second-order valence-corrected chi connectivity index (χ2v) is 3.81. The fraction of sp³-hybridized carbons (Fsp3) is 0.500. The zero-order valence-electron chi connectivity index (χ0n) is 10.3. The molecule has 1 aromatic rings. The highest BCUT2D eigenvalue weighted by molar-refractivity contribution is 5.37. The molecule has 16 heavy (non-hydrogen) atoms. The number of hydrogen-bond donors (Lipinski definition) is 2. The summed E-state index contributed by atoms with van der Waals surface area (Å²) in [6.45, 7) is 4.01. The van der Waals surface area contributed by atoms with E-state index < -0.39 is 0 Å². The number of hydrazine groups is 1. The van der Waals surface area contributed by atoms with Crippen molar-refractivity contribution in [2.45, 2.75) is 26.0 Å². The van der Waals surface area contributed by atoms with Crippen LogP contribution in [0.15, 0.2) is 18.2 Å². The van der Waals surface area contributed by atoms with Crippen molar-refractivity contribution in [3.63, 3.8) is 0 Å². The van der Waals surface area contributed by atoms with Crippen molar-refractivity contribution in [3.05, 3.63) is 29.3 Å². The molecule has 0 bridgehead atoms. The van der Waals surface area contributed by atoms with E-state index in [0.29, 0.717) is 0 Å². The van der Waals surface area contributed by atoms with Crippen molar-refractivity contribution in [1.82, 2.24) is 5.43 Å². The minimum atomic E-state index is -0.0177. The third kappa shape index (κ3) is 2.72. The van der Waals surface area contributed by atoms with Crippen LogP contribution in [0.2, 0.25) is 0 Å². The van der Waals surface area contributed by atoms with E-state index in [9.17, 15) is 0 Å². The first-order valence-electron chi connectivity index (χ1n) is 5.27. The van der Waals surface area contributed by atoms with Gasteiger partial charge in [0.25, 0.3) is 0 Å². The van der Waals surface area contributed by atoms with E-state index in [2.05, 4.69) is 5.43 Å². The van der Waals surface area contributed by atoms with Gasteiger partial charge < -0.3 is 9.47 Å². The molecule has 0 spiro atoms. The first-order valence-corrected chi connectivity index (χ1v) is 5.27. The topological polar surface area (TPSA) is 56.5 Å². The third-order valence-corrected chi connectivity index (χ3v) is 2.83. The third-order valence-electron chi connectivity index (χ3n) is 2.83. The fourth-order valence-electron chi connectivity index (χ4n) is 1.74. The maximum Gasteiger partial charge on any atom is 0.119 e. The van der Waals surface area contributed by atoms with Crippen LogP contribution < -0.4 is 16.0 Å². The van der Waals surface area contributed by atoms with Crippen LogP contribution in [-0.2, 0) is 4.74 Å². The van der Waals surface area contributed by atoms with Gasteiger partial charge in [0.05, 0.1) is 19.3 Å². The van der Waals surface area contributed by atoms with Crippen LogP contribution in [0.5, 0.6) is 5.75 Å². The number of nitrogens with one attached hydrogen (secondary N) is 1. The standard InChI is InChI=1S/C12H20N2O2/c1-8-7-10(16-4)5-6-11(8)12(14-13)9(2)15-3/h5-7,9,12,14H,13H2,1-4H3. The van der Waals surface area contributed by atoms with Crippen LogP contribution in [-0.4, -0.2) is 20.3 Å². The Morgan fingerprint density at radius 3 is 2.44 bits per heavy atom. The highest BCUT2D eigenvalue weighted by Gasteiger charge is 2.19. The molecule has 0 amide bonds. The van der Waals surface area contributed by atoms with Crippen LogP contribution >= 0.6 is 0 Å². The van der Waals surface area contributed by atoms with Crippen LogP contribution in [0.25, 0.3) is 0 Å². The molecule has 0 saturated carbocycles. The Morgan fingerprint density at radius 1 is 1.31 bits per heavy atom. The van der Waals surface area contributed by atoms with Crippen LogP contribution in [0.3, 0.4) is 0 Å². The van der Waals surface area contributed by atoms with Crippen molar-refractivity contribution < 1.29 is 9.47 Å². The monoisotopic (exact) mass is 224 g/mol. The number of ether oxygens (including phenoxy) is 2. The van der Waals surface area contributed by atoms with Gasteiger partial charge in [-0.1, -0.05) is 6.07 Å². The molecule has 0 aliphatic carbocycles. The predicted molar refractivity (Wildman–Crippen MR) is 64.3 cm³/mol. The maximum absolute atomic E-state index is 5.56. The molecule has 0 saturated heterocycles.